The van der Waals surface area contributed by atoms with Gasteiger partial charge >= 0.3 is 35.5 Å². The fourth-order valence-corrected chi connectivity index (χ4v) is 3.07. The number of carbonyl (C=O) groups is 2. The van der Waals surface area contributed by atoms with Crippen LogP contribution >= 0.6 is 11.6 Å². The van der Waals surface area contributed by atoms with E-state index in [2.05, 4.69) is 0 Å². The van der Waals surface area contributed by atoms with Crippen molar-refractivity contribution in [3.05, 3.63) is 64.3 Å². The minimum absolute atomic E-state index is 0. The molecule has 7 heteroatoms. The predicted octanol–water partition coefficient (Wildman–Crippen LogP) is 3.28. The zero-order chi connectivity index (χ0) is 18.1. The van der Waals surface area contributed by atoms with Crippen molar-refractivity contribution in [3.8, 4) is 5.75 Å². The number of carboxylic acids is 1. The third-order valence-electron chi connectivity index (χ3n) is 4.16. The number of methoxy groups -OCH3 is 1. The molecule has 0 atom stereocenters. The molecule has 0 bridgehead atoms. The second-order valence-corrected chi connectivity index (χ2v) is 6.10. The molecule has 0 fully saturated rings. The number of halogens is 1. The van der Waals surface area contributed by atoms with Crippen LogP contribution in [0.2, 0.25) is 5.02 Å². The van der Waals surface area contributed by atoms with Gasteiger partial charge in [0.05, 0.1) is 19.0 Å². The number of carbonyl (C=O) groups excluding carboxylic acids is 1. The van der Waals surface area contributed by atoms with Gasteiger partial charge < -0.3 is 9.84 Å². The van der Waals surface area contributed by atoms with E-state index in [1.807, 2.05) is 0 Å². The zero-order valence-corrected chi connectivity index (χ0v) is 14.5. The van der Waals surface area contributed by atoms with Gasteiger partial charge in [-0.1, -0.05) is 11.6 Å². The molecule has 0 spiro atoms. The van der Waals surface area contributed by atoms with Crippen LogP contribution in [0, 0.1) is 6.92 Å². The fraction of sp³-hybridized carbons (Fsp3) is 0.158. The second-order valence-electron chi connectivity index (χ2n) is 5.67. The topological polar surface area (TPSA) is 68.5 Å². The van der Waals surface area contributed by atoms with Gasteiger partial charge in [0.1, 0.15) is 5.75 Å². The molecular formula is C19H17ClNNaO4. The fourth-order valence-electron chi connectivity index (χ4n) is 2.95. The average Bonchev–Trinajstić information content (AvgIpc) is 2.86. The average molecular weight is 382 g/mol. The maximum absolute atomic E-state index is 13.0. The van der Waals surface area contributed by atoms with Gasteiger partial charge in [-0.25, -0.2) is 0 Å². The van der Waals surface area contributed by atoms with Crippen LogP contribution in [0.15, 0.2) is 42.5 Å². The quantitative estimate of drug-likeness (QED) is 0.704. The van der Waals surface area contributed by atoms with Crippen LogP contribution in [0.25, 0.3) is 10.9 Å². The van der Waals surface area contributed by atoms with E-state index in [0.717, 1.165) is 0 Å². The van der Waals surface area contributed by atoms with Crippen LogP contribution in [0.4, 0.5) is 0 Å². The van der Waals surface area contributed by atoms with E-state index >= 15 is 0 Å². The van der Waals surface area contributed by atoms with Crippen LogP contribution in [0.5, 0.6) is 5.75 Å². The number of ether oxygens (including phenoxy) is 1. The van der Waals surface area contributed by atoms with Crippen LogP contribution in [0.3, 0.4) is 0 Å². The van der Waals surface area contributed by atoms with Crippen molar-refractivity contribution < 1.29 is 19.4 Å². The Morgan fingerprint density at radius 3 is 2.38 bits per heavy atom. The molecular weight excluding hydrogens is 365 g/mol. The number of hydrogen-bond acceptors (Lipinski definition) is 3. The Bertz CT molecular complexity index is 979. The van der Waals surface area contributed by atoms with Crippen molar-refractivity contribution in [2.45, 2.75) is 13.3 Å². The van der Waals surface area contributed by atoms with Crippen LogP contribution in [0.1, 0.15) is 21.6 Å². The molecule has 1 N–H and O–H groups in total. The van der Waals surface area contributed by atoms with Gasteiger partial charge in [-0.2, -0.15) is 0 Å². The SMILES string of the molecule is COc1ccc2c(c1)c(CC(=O)O)c(C)n2C(=O)c1ccc(Cl)cc1.[NaH]. The molecule has 3 aromatic rings. The summed E-state index contributed by atoms with van der Waals surface area (Å²) in [6.45, 7) is 1.75. The molecule has 0 amide bonds. The Kier molecular flexibility index (Phi) is 6.53. The van der Waals surface area contributed by atoms with E-state index in [1.165, 1.54) is 4.57 Å². The van der Waals surface area contributed by atoms with Gasteiger partial charge in [0.2, 0.25) is 0 Å². The number of aliphatic carboxylic acids is 1. The molecule has 0 radical (unpaired) electrons. The summed E-state index contributed by atoms with van der Waals surface area (Å²) in [4.78, 5) is 24.3. The molecule has 0 aliphatic rings. The molecule has 5 nitrogen and oxygen atoms in total. The first-order valence-electron chi connectivity index (χ1n) is 7.62. The van der Waals surface area contributed by atoms with Crippen molar-refractivity contribution >= 4 is 63.9 Å². The van der Waals surface area contributed by atoms with Gasteiger partial charge in [-0.3, -0.25) is 14.2 Å². The molecule has 0 saturated carbocycles. The molecule has 130 valence electrons. The number of carboxylic acid groups (broad SMARTS) is 1. The van der Waals surface area contributed by atoms with Crippen molar-refractivity contribution in [2.75, 3.05) is 7.11 Å². The van der Waals surface area contributed by atoms with Crippen LogP contribution < -0.4 is 4.74 Å². The van der Waals surface area contributed by atoms with Crippen LogP contribution in [-0.2, 0) is 11.2 Å². The molecule has 0 saturated heterocycles. The zero-order valence-electron chi connectivity index (χ0n) is 13.7. The van der Waals surface area contributed by atoms with E-state index in [1.54, 1.807) is 56.5 Å². The number of aromatic nitrogens is 1. The Morgan fingerprint density at radius 1 is 1.15 bits per heavy atom. The molecule has 1 aromatic heterocycles. The second kappa shape index (κ2) is 8.27. The van der Waals surface area contributed by atoms with E-state index in [4.69, 9.17) is 16.3 Å². The van der Waals surface area contributed by atoms with Gasteiger partial charge in [0.25, 0.3) is 5.91 Å². The maximum atomic E-state index is 13.0. The van der Waals surface area contributed by atoms with Crippen molar-refractivity contribution in [1.29, 1.82) is 0 Å². The van der Waals surface area contributed by atoms with Crippen molar-refractivity contribution in [3.63, 3.8) is 0 Å². The summed E-state index contributed by atoms with van der Waals surface area (Å²) in [6, 6.07) is 11.9. The molecule has 0 unspecified atom stereocenters. The Balaban J connectivity index is 0.00000243. The molecule has 0 aliphatic carbocycles. The summed E-state index contributed by atoms with van der Waals surface area (Å²) in [7, 11) is 1.54. The first-order valence-corrected chi connectivity index (χ1v) is 8.00. The number of rotatable bonds is 4. The summed E-state index contributed by atoms with van der Waals surface area (Å²) in [5.74, 6) is -0.583. The molecule has 3 rings (SSSR count). The Hall–Kier alpha value is -1.79. The normalized spacial score (nSPS) is 10.4. The van der Waals surface area contributed by atoms with Gasteiger partial charge in [0.15, 0.2) is 0 Å². The van der Waals surface area contributed by atoms with E-state index in [0.29, 0.717) is 38.5 Å². The van der Waals surface area contributed by atoms with E-state index in [-0.39, 0.29) is 41.9 Å². The first-order chi connectivity index (χ1) is 11.9. The standard InChI is InChI=1S/C19H16ClNO4.Na.H/c1-11-15(10-18(22)23)16-9-14(25-2)7-8-17(16)21(11)19(24)12-3-5-13(20)6-4-12;;/h3-9H,10H2,1-2H3,(H,22,23);;. The molecule has 26 heavy (non-hydrogen) atoms. The van der Waals surface area contributed by atoms with Crippen molar-refractivity contribution in [2.24, 2.45) is 0 Å². The third-order valence-corrected chi connectivity index (χ3v) is 4.42. The minimum atomic E-state index is -0.955. The summed E-state index contributed by atoms with van der Waals surface area (Å²) in [5.41, 5.74) is 2.32. The molecule has 0 aliphatic heterocycles. The summed E-state index contributed by atoms with van der Waals surface area (Å²) < 4.78 is 6.77. The molecule has 1 heterocycles. The number of fused-ring (bicyclic) bond motifs is 1. The van der Waals surface area contributed by atoms with E-state index in [9.17, 15) is 14.7 Å². The van der Waals surface area contributed by atoms with Gasteiger partial charge in [0, 0.05) is 21.7 Å². The Labute approximate surface area is 177 Å². The molecule has 2 aromatic carbocycles. The first kappa shape index (κ1) is 20.5. The Morgan fingerprint density at radius 2 is 1.81 bits per heavy atom. The summed E-state index contributed by atoms with van der Waals surface area (Å²) >= 11 is 5.89. The van der Waals surface area contributed by atoms with Gasteiger partial charge in [-0.05, 0) is 55.0 Å². The number of benzene rings is 2. The number of nitrogens with zero attached hydrogens (tertiary/aromatic N) is 1. The summed E-state index contributed by atoms with van der Waals surface area (Å²) in [6.07, 6.45) is -0.170. The monoisotopic (exact) mass is 381 g/mol. The summed E-state index contributed by atoms with van der Waals surface area (Å²) in [5, 5.41) is 10.5. The third kappa shape index (κ3) is 3.81. The predicted molar refractivity (Wildman–Crippen MR) is 103 cm³/mol. The van der Waals surface area contributed by atoms with Gasteiger partial charge in [-0.15, -0.1) is 0 Å². The van der Waals surface area contributed by atoms with Crippen molar-refractivity contribution in [1.82, 2.24) is 4.57 Å². The number of hydrogen-bond donors (Lipinski definition) is 1. The van der Waals surface area contributed by atoms with E-state index < -0.39 is 5.97 Å². The van der Waals surface area contributed by atoms with Crippen LogP contribution in [-0.4, -0.2) is 58.2 Å².